The Morgan fingerprint density at radius 3 is 2.81 bits per heavy atom. The largest absolute Gasteiger partial charge is 0.325 e. The number of nitriles is 1. The Morgan fingerprint density at radius 2 is 2.04 bits per heavy atom. The first kappa shape index (κ1) is 18.0. The Labute approximate surface area is 157 Å². The number of thioether (sulfide) groups is 1. The molecule has 26 heavy (non-hydrogen) atoms. The van der Waals surface area contributed by atoms with Gasteiger partial charge in [-0.15, -0.1) is 0 Å². The zero-order valence-corrected chi connectivity index (χ0v) is 15.6. The van der Waals surface area contributed by atoms with Crippen molar-refractivity contribution in [3.63, 3.8) is 0 Å². The number of pyridine rings is 1. The monoisotopic (exact) mass is 361 g/mol. The summed E-state index contributed by atoms with van der Waals surface area (Å²) in [4.78, 5) is 17.0. The SMILES string of the molecule is CCc1ccccc1NC(=O)CSc1nc2c(C)cccc2cc1C#N. The molecule has 0 saturated heterocycles. The van der Waals surface area contributed by atoms with Gasteiger partial charge >= 0.3 is 0 Å². The van der Waals surface area contributed by atoms with Crippen LogP contribution in [-0.2, 0) is 11.2 Å². The number of nitrogens with zero attached hydrogens (tertiary/aromatic N) is 2. The smallest absolute Gasteiger partial charge is 0.234 e. The standard InChI is InChI=1S/C21H19N3OS/c1-3-15-8-4-5-10-18(15)23-19(25)13-26-21-17(12-22)11-16-9-6-7-14(2)20(16)24-21/h4-11H,3,13H2,1-2H3,(H,23,25). The van der Waals surface area contributed by atoms with E-state index in [0.29, 0.717) is 10.6 Å². The van der Waals surface area contributed by atoms with E-state index in [-0.39, 0.29) is 11.7 Å². The third-order valence-corrected chi connectivity index (χ3v) is 5.14. The second kappa shape index (κ2) is 8.03. The van der Waals surface area contributed by atoms with Gasteiger partial charge in [-0.3, -0.25) is 4.79 Å². The number of para-hydroxylation sites is 2. The van der Waals surface area contributed by atoms with Crippen molar-refractivity contribution in [2.24, 2.45) is 0 Å². The number of hydrogen-bond donors (Lipinski definition) is 1. The molecule has 2 aromatic carbocycles. The van der Waals surface area contributed by atoms with Crippen molar-refractivity contribution in [1.29, 1.82) is 5.26 Å². The Hall–Kier alpha value is -2.84. The van der Waals surface area contributed by atoms with E-state index < -0.39 is 0 Å². The average molecular weight is 361 g/mol. The second-order valence-electron chi connectivity index (χ2n) is 5.95. The molecule has 1 amide bonds. The minimum Gasteiger partial charge on any atom is -0.325 e. The molecule has 0 unspecified atom stereocenters. The summed E-state index contributed by atoms with van der Waals surface area (Å²) >= 11 is 1.29. The number of hydrogen-bond acceptors (Lipinski definition) is 4. The van der Waals surface area contributed by atoms with E-state index in [1.54, 1.807) is 0 Å². The lowest BCUT2D eigenvalue weighted by molar-refractivity contribution is -0.113. The summed E-state index contributed by atoms with van der Waals surface area (Å²) in [6, 6.07) is 17.7. The van der Waals surface area contributed by atoms with Crippen LogP contribution in [0.1, 0.15) is 23.6 Å². The van der Waals surface area contributed by atoms with E-state index in [1.165, 1.54) is 11.8 Å². The van der Waals surface area contributed by atoms with E-state index in [1.807, 2.05) is 55.5 Å². The molecule has 1 heterocycles. The summed E-state index contributed by atoms with van der Waals surface area (Å²) in [6.45, 7) is 4.05. The van der Waals surface area contributed by atoms with Crippen molar-refractivity contribution in [3.05, 3.63) is 65.2 Å². The van der Waals surface area contributed by atoms with Crippen LogP contribution in [0.3, 0.4) is 0 Å². The van der Waals surface area contributed by atoms with Crippen LogP contribution < -0.4 is 5.32 Å². The lowest BCUT2D eigenvalue weighted by Crippen LogP contribution is -2.15. The maximum absolute atomic E-state index is 12.3. The molecule has 1 aromatic heterocycles. The number of carbonyl (C=O) groups excluding carboxylic acids is 1. The van der Waals surface area contributed by atoms with E-state index in [4.69, 9.17) is 0 Å². The van der Waals surface area contributed by atoms with Gasteiger partial charge in [-0.25, -0.2) is 4.98 Å². The van der Waals surface area contributed by atoms with Gasteiger partial charge in [0, 0.05) is 11.1 Å². The highest BCUT2D eigenvalue weighted by Gasteiger charge is 2.12. The van der Waals surface area contributed by atoms with Gasteiger partial charge in [0.25, 0.3) is 0 Å². The van der Waals surface area contributed by atoms with Gasteiger partial charge in [0.1, 0.15) is 11.1 Å². The van der Waals surface area contributed by atoms with Crippen molar-refractivity contribution in [2.45, 2.75) is 25.3 Å². The quantitative estimate of drug-likeness (QED) is 0.669. The Balaban J connectivity index is 1.78. The highest BCUT2D eigenvalue weighted by Crippen LogP contribution is 2.26. The highest BCUT2D eigenvalue weighted by atomic mass is 32.2. The number of anilines is 1. The summed E-state index contributed by atoms with van der Waals surface area (Å²) in [5.74, 6) is 0.100. The predicted molar refractivity (Wildman–Crippen MR) is 106 cm³/mol. The van der Waals surface area contributed by atoms with Crippen molar-refractivity contribution < 1.29 is 4.79 Å². The predicted octanol–water partition coefficient (Wildman–Crippen LogP) is 4.71. The molecule has 0 bridgehead atoms. The van der Waals surface area contributed by atoms with Crippen LogP contribution in [0.15, 0.2) is 53.6 Å². The highest BCUT2D eigenvalue weighted by molar-refractivity contribution is 8.00. The van der Waals surface area contributed by atoms with Gasteiger partial charge in [0.05, 0.1) is 16.8 Å². The number of fused-ring (bicyclic) bond motifs is 1. The van der Waals surface area contributed by atoms with Crippen molar-refractivity contribution in [1.82, 2.24) is 4.98 Å². The minimum absolute atomic E-state index is 0.105. The van der Waals surface area contributed by atoms with E-state index in [9.17, 15) is 10.1 Å². The van der Waals surface area contributed by atoms with Gasteiger partial charge in [-0.05, 0) is 36.6 Å². The van der Waals surface area contributed by atoms with Gasteiger partial charge < -0.3 is 5.32 Å². The van der Waals surface area contributed by atoms with Crippen molar-refractivity contribution in [2.75, 3.05) is 11.1 Å². The van der Waals surface area contributed by atoms with Crippen LogP contribution >= 0.6 is 11.8 Å². The molecule has 0 spiro atoms. The number of nitrogens with one attached hydrogen (secondary N) is 1. The maximum Gasteiger partial charge on any atom is 0.234 e. The lowest BCUT2D eigenvalue weighted by Gasteiger charge is -2.10. The minimum atomic E-state index is -0.105. The fourth-order valence-electron chi connectivity index (χ4n) is 2.79. The number of aromatic nitrogens is 1. The van der Waals surface area contributed by atoms with Crippen LogP contribution in [0.4, 0.5) is 5.69 Å². The van der Waals surface area contributed by atoms with Gasteiger partial charge in [-0.1, -0.05) is 55.1 Å². The number of carbonyl (C=O) groups is 1. The van der Waals surface area contributed by atoms with Crippen molar-refractivity contribution in [3.8, 4) is 6.07 Å². The van der Waals surface area contributed by atoms with E-state index in [2.05, 4.69) is 23.3 Å². The van der Waals surface area contributed by atoms with Gasteiger partial charge in [0.15, 0.2) is 0 Å². The molecule has 0 atom stereocenters. The first-order valence-electron chi connectivity index (χ1n) is 8.43. The van der Waals surface area contributed by atoms with Crippen LogP contribution in [0.2, 0.25) is 0 Å². The molecule has 4 nitrogen and oxygen atoms in total. The maximum atomic E-state index is 12.3. The zero-order chi connectivity index (χ0) is 18.5. The fourth-order valence-corrected chi connectivity index (χ4v) is 3.55. The molecule has 1 N–H and O–H groups in total. The number of rotatable bonds is 5. The van der Waals surface area contributed by atoms with E-state index in [0.717, 1.165) is 34.1 Å². The molecule has 130 valence electrons. The molecule has 0 radical (unpaired) electrons. The van der Waals surface area contributed by atoms with Crippen LogP contribution in [0, 0.1) is 18.3 Å². The normalized spacial score (nSPS) is 10.5. The average Bonchev–Trinajstić information content (AvgIpc) is 2.66. The molecule has 0 saturated carbocycles. The lowest BCUT2D eigenvalue weighted by atomic mass is 10.1. The van der Waals surface area contributed by atoms with Gasteiger partial charge in [0.2, 0.25) is 5.91 Å². The van der Waals surface area contributed by atoms with E-state index >= 15 is 0 Å². The molecule has 3 rings (SSSR count). The molecular formula is C21H19N3OS. The summed E-state index contributed by atoms with van der Waals surface area (Å²) in [6.07, 6.45) is 0.855. The third-order valence-electron chi connectivity index (χ3n) is 4.15. The first-order chi connectivity index (χ1) is 12.6. The zero-order valence-electron chi connectivity index (χ0n) is 14.7. The Kier molecular flexibility index (Phi) is 5.55. The Bertz CT molecular complexity index is 1010. The van der Waals surface area contributed by atoms with Gasteiger partial charge in [-0.2, -0.15) is 5.26 Å². The fraction of sp³-hybridized carbons (Fsp3) is 0.190. The molecule has 0 fully saturated rings. The van der Waals surface area contributed by atoms with Crippen LogP contribution in [-0.4, -0.2) is 16.6 Å². The summed E-state index contributed by atoms with van der Waals surface area (Å²) in [7, 11) is 0. The molecule has 0 aliphatic carbocycles. The number of amides is 1. The van der Waals surface area contributed by atoms with Crippen LogP contribution in [0.5, 0.6) is 0 Å². The summed E-state index contributed by atoms with van der Waals surface area (Å²) in [5.41, 5.74) is 4.35. The molecule has 3 aromatic rings. The summed E-state index contributed by atoms with van der Waals surface area (Å²) < 4.78 is 0. The van der Waals surface area contributed by atoms with Crippen molar-refractivity contribution >= 4 is 34.3 Å². The molecular weight excluding hydrogens is 342 g/mol. The first-order valence-corrected chi connectivity index (χ1v) is 9.42. The second-order valence-corrected chi connectivity index (χ2v) is 6.91. The molecule has 0 aliphatic heterocycles. The molecule has 0 aliphatic rings. The number of benzene rings is 2. The summed E-state index contributed by atoms with van der Waals surface area (Å²) in [5, 5.41) is 13.9. The number of aryl methyl sites for hydroxylation is 2. The molecule has 5 heteroatoms. The van der Waals surface area contributed by atoms with Crippen LogP contribution in [0.25, 0.3) is 10.9 Å². The Morgan fingerprint density at radius 1 is 1.23 bits per heavy atom. The third kappa shape index (κ3) is 3.87. The topological polar surface area (TPSA) is 65.8 Å².